The van der Waals surface area contributed by atoms with Crippen LogP contribution in [-0.2, 0) is 4.79 Å². The highest BCUT2D eigenvalue weighted by molar-refractivity contribution is 5.73. The van der Waals surface area contributed by atoms with E-state index in [-0.39, 0.29) is 18.5 Å². The quantitative estimate of drug-likeness (QED) is 0.635. The Morgan fingerprint density at radius 3 is 2.56 bits per heavy atom. The molecule has 0 aliphatic carbocycles. The highest BCUT2D eigenvalue weighted by atomic mass is 19.1. The predicted octanol–water partition coefficient (Wildman–Crippen LogP) is 0.853. The van der Waals surface area contributed by atoms with Crippen LogP contribution in [0.15, 0.2) is 18.2 Å². The lowest BCUT2D eigenvalue weighted by molar-refractivity contribution is -0.118. The molecule has 1 amide bonds. The lowest BCUT2D eigenvalue weighted by atomic mass is 10.1. The summed E-state index contributed by atoms with van der Waals surface area (Å²) < 4.78 is 26.6. The molecule has 0 aliphatic rings. The van der Waals surface area contributed by atoms with Gasteiger partial charge in [-0.3, -0.25) is 4.79 Å². The molecular formula is C12H16F2N2O2. The summed E-state index contributed by atoms with van der Waals surface area (Å²) in [7, 11) is 0. The van der Waals surface area contributed by atoms with Crippen molar-refractivity contribution < 1.29 is 18.7 Å². The van der Waals surface area contributed by atoms with E-state index in [9.17, 15) is 18.7 Å². The Morgan fingerprint density at radius 2 is 2.00 bits per heavy atom. The van der Waals surface area contributed by atoms with Gasteiger partial charge >= 0.3 is 0 Å². The molecule has 1 atom stereocenters. The van der Waals surface area contributed by atoms with E-state index in [1.54, 1.807) is 0 Å². The average molecular weight is 258 g/mol. The van der Waals surface area contributed by atoms with Crippen molar-refractivity contribution in [3.8, 4) is 0 Å². The van der Waals surface area contributed by atoms with Gasteiger partial charge in [0.05, 0.1) is 11.7 Å². The largest absolute Gasteiger partial charge is 0.387 e. The second-order valence-electron chi connectivity index (χ2n) is 3.93. The van der Waals surface area contributed by atoms with E-state index in [4.69, 9.17) is 5.73 Å². The third kappa shape index (κ3) is 4.38. The molecule has 6 heteroatoms. The number of rotatable bonds is 7. The first-order valence-corrected chi connectivity index (χ1v) is 5.63. The standard InChI is InChI=1S/C12H16F2N2O2/c13-8-3-1-4-9(14)12(8)10(17)7-16-6-2-5-11(15)18/h1,3-4,10,16-17H,2,5-7H2,(H2,15,18). The molecule has 1 unspecified atom stereocenters. The van der Waals surface area contributed by atoms with E-state index in [0.29, 0.717) is 13.0 Å². The normalized spacial score (nSPS) is 12.4. The van der Waals surface area contributed by atoms with Gasteiger partial charge in [-0.1, -0.05) is 6.07 Å². The Morgan fingerprint density at radius 1 is 1.39 bits per heavy atom. The first-order chi connectivity index (χ1) is 8.52. The Hall–Kier alpha value is -1.53. The van der Waals surface area contributed by atoms with Crippen LogP contribution in [0.1, 0.15) is 24.5 Å². The highest BCUT2D eigenvalue weighted by Gasteiger charge is 2.16. The lowest BCUT2D eigenvalue weighted by Crippen LogP contribution is -2.24. The molecule has 1 rings (SSSR count). The smallest absolute Gasteiger partial charge is 0.217 e. The van der Waals surface area contributed by atoms with Crippen molar-refractivity contribution in [2.75, 3.05) is 13.1 Å². The van der Waals surface area contributed by atoms with Crippen molar-refractivity contribution in [2.45, 2.75) is 18.9 Å². The lowest BCUT2D eigenvalue weighted by Gasteiger charge is -2.13. The fraction of sp³-hybridized carbons (Fsp3) is 0.417. The monoisotopic (exact) mass is 258 g/mol. The summed E-state index contributed by atoms with van der Waals surface area (Å²) in [6.45, 7) is 0.451. The van der Waals surface area contributed by atoms with Gasteiger partial charge in [-0.25, -0.2) is 8.78 Å². The topological polar surface area (TPSA) is 75.4 Å². The number of hydrogen-bond donors (Lipinski definition) is 3. The first-order valence-electron chi connectivity index (χ1n) is 5.63. The molecule has 4 N–H and O–H groups in total. The Bertz CT molecular complexity index is 393. The second kappa shape index (κ2) is 7.03. The zero-order valence-corrected chi connectivity index (χ0v) is 9.83. The van der Waals surface area contributed by atoms with Crippen LogP contribution in [0.25, 0.3) is 0 Å². The van der Waals surface area contributed by atoms with Crippen molar-refractivity contribution in [3.05, 3.63) is 35.4 Å². The van der Waals surface area contributed by atoms with Crippen molar-refractivity contribution in [1.82, 2.24) is 5.32 Å². The zero-order valence-electron chi connectivity index (χ0n) is 9.83. The van der Waals surface area contributed by atoms with Crippen LogP contribution in [0.3, 0.4) is 0 Å². The van der Waals surface area contributed by atoms with Crippen LogP contribution in [0.2, 0.25) is 0 Å². The predicted molar refractivity (Wildman–Crippen MR) is 62.6 cm³/mol. The van der Waals surface area contributed by atoms with Crippen molar-refractivity contribution in [3.63, 3.8) is 0 Å². The van der Waals surface area contributed by atoms with E-state index < -0.39 is 23.6 Å². The molecule has 0 spiro atoms. The molecule has 1 aromatic rings. The molecule has 1 aromatic carbocycles. The number of halogens is 2. The minimum Gasteiger partial charge on any atom is -0.387 e. The minimum atomic E-state index is -1.26. The van der Waals surface area contributed by atoms with Crippen LogP contribution >= 0.6 is 0 Å². The Balaban J connectivity index is 2.41. The van der Waals surface area contributed by atoms with Gasteiger partial charge < -0.3 is 16.2 Å². The first kappa shape index (κ1) is 14.5. The van der Waals surface area contributed by atoms with Crippen LogP contribution in [0.5, 0.6) is 0 Å². The molecular weight excluding hydrogens is 242 g/mol. The maximum absolute atomic E-state index is 13.3. The molecule has 100 valence electrons. The fourth-order valence-electron chi connectivity index (χ4n) is 1.56. The summed E-state index contributed by atoms with van der Waals surface area (Å²) in [6.07, 6.45) is -0.515. The summed E-state index contributed by atoms with van der Waals surface area (Å²) in [6, 6.07) is 3.42. The number of amides is 1. The molecule has 0 aromatic heterocycles. The number of aliphatic hydroxyl groups excluding tert-OH is 1. The fourth-order valence-corrected chi connectivity index (χ4v) is 1.56. The van der Waals surface area contributed by atoms with Crippen molar-refractivity contribution in [2.24, 2.45) is 5.73 Å². The Labute approximate surface area is 104 Å². The second-order valence-corrected chi connectivity index (χ2v) is 3.93. The summed E-state index contributed by atoms with van der Waals surface area (Å²) in [4.78, 5) is 10.5. The summed E-state index contributed by atoms with van der Waals surface area (Å²) in [5.74, 6) is -1.96. The number of carbonyl (C=O) groups excluding carboxylic acids is 1. The van der Waals surface area contributed by atoms with E-state index in [0.717, 1.165) is 12.1 Å². The van der Waals surface area contributed by atoms with E-state index in [1.165, 1.54) is 6.07 Å². The van der Waals surface area contributed by atoms with Gasteiger partial charge in [-0.05, 0) is 25.1 Å². The molecule has 18 heavy (non-hydrogen) atoms. The van der Waals surface area contributed by atoms with Gasteiger partial charge in [-0.15, -0.1) is 0 Å². The van der Waals surface area contributed by atoms with Crippen LogP contribution in [0.4, 0.5) is 8.78 Å². The van der Waals surface area contributed by atoms with E-state index >= 15 is 0 Å². The number of primary amides is 1. The third-order valence-electron chi connectivity index (χ3n) is 2.45. The van der Waals surface area contributed by atoms with Gasteiger partial charge in [0.25, 0.3) is 0 Å². The Kier molecular flexibility index (Phi) is 5.67. The molecule has 0 bridgehead atoms. The number of aliphatic hydroxyl groups is 1. The highest BCUT2D eigenvalue weighted by Crippen LogP contribution is 2.19. The minimum absolute atomic E-state index is 0.0105. The van der Waals surface area contributed by atoms with E-state index in [2.05, 4.69) is 5.32 Å². The van der Waals surface area contributed by atoms with Gasteiger partial charge in [0.1, 0.15) is 11.6 Å². The summed E-state index contributed by atoms with van der Waals surface area (Å²) >= 11 is 0. The molecule has 0 fully saturated rings. The molecule has 0 heterocycles. The number of hydrogen-bond acceptors (Lipinski definition) is 3. The van der Waals surface area contributed by atoms with Gasteiger partial charge in [0.15, 0.2) is 0 Å². The zero-order chi connectivity index (χ0) is 13.5. The van der Waals surface area contributed by atoms with Crippen LogP contribution in [0, 0.1) is 11.6 Å². The van der Waals surface area contributed by atoms with Crippen LogP contribution < -0.4 is 11.1 Å². The van der Waals surface area contributed by atoms with Gasteiger partial charge in [-0.2, -0.15) is 0 Å². The summed E-state index contributed by atoms with van der Waals surface area (Å²) in [5, 5.41) is 12.5. The SMILES string of the molecule is NC(=O)CCCNCC(O)c1c(F)cccc1F. The number of nitrogens with one attached hydrogen (secondary N) is 1. The van der Waals surface area contributed by atoms with Crippen molar-refractivity contribution in [1.29, 1.82) is 0 Å². The molecule has 0 aliphatic heterocycles. The maximum atomic E-state index is 13.3. The number of nitrogens with two attached hydrogens (primary N) is 1. The van der Waals surface area contributed by atoms with Gasteiger partial charge in [0, 0.05) is 13.0 Å². The average Bonchev–Trinajstić information content (AvgIpc) is 2.27. The molecule has 4 nitrogen and oxygen atoms in total. The maximum Gasteiger partial charge on any atom is 0.217 e. The third-order valence-corrected chi connectivity index (χ3v) is 2.45. The summed E-state index contributed by atoms with van der Waals surface area (Å²) in [5.41, 5.74) is 4.60. The number of benzene rings is 1. The van der Waals surface area contributed by atoms with Crippen molar-refractivity contribution >= 4 is 5.91 Å². The molecule has 0 saturated heterocycles. The van der Waals surface area contributed by atoms with E-state index in [1.807, 2.05) is 0 Å². The molecule has 0 radical (unpaired) electrons. The number of carbonyl (C=O) groups is 1. The molecule has 0 saturated carbocycles. The van der Waals surface area contributed by atoms with Crippen LogP contribution in [-0.4, -0.2) is 24.1 Å². The van der Waals surface area contributed by atoms with Gasteiger partial charge in [0.2, 0.25) is 5.91 Å².